The van der Waals surface area contributed by atoms with Crippen LogP contribution in [0.15, 0.2) is 105 Å². The fourth-order valence-electron chi connectivity index (χ4n) is 3.90. The number of nitrogens with zero attached hydrogens (tertiary/aromatic N) is 2. The SMILES string of the molecule is O=S(=O)(c1ccc(NN=Cc2ccc3c(c2)OCO3)cc1)c1ccc(NN=Cc2ccc3c(c2)OCO3)cc1. The molecular weight excluding hydrogens is 520 g/mol. The minimum Gasteiger partial charge on any atom is -0.454 e. The third-order valence-corrected chi connectivity index (χ3v) is 7.72. The Morgan fingerprint density at radius 3 is 1.41 bits per heavy atom. The number of ether oxygens (including phenoxy) is 4. The monoisotopic (exact) mass is 542 g/mol. The summed E-state index contributed by atoms with van der Waals surface area (Å²) in [7, 11) is -3.70. The highest BCUT2D eigenvalue weighted by Crippen LogP contribution is 2.33. The minimum absolute atomic E-state index is 0.175. The van der Waals surface area contributed by atoms with E-state index in [0.29, 0.717) is 34.4 Å². The van der Waals surface area contributed by atoms with Gasteiger partial charge in [0.15, 0.2) is 23.0 Å². The largest absolute Gasteiger partial charge is 0.454 e. The lowest BCUT2D eigenvalue weighted by molar-refractivity contribution is 0.173. The Bertz CT molecular complexity index is 1550. The van der Waals surface area contributed by atoms with E-state index in [1.807, 2.05) is 36.4 Å². The van der Waals surface area contributed by atoms with E-state index < -0.39 is 9.84 Å². The molecule has 0 atom stereocenters. The van der Waals surface area contributed by atoms with Crippen LogP contribution in [0.5, 0.6) is 23.0 Å². The van der Waals surface area contributed by atoms with Crippen molar-refractivity contribution in [2.45, 2.75) is 9.79 Å². The fraction of sp³-hybridized carbons (Fsp3) is 0.0714. The van der Waals surface area contributed by atoms with Gasteiger partial charge in [-0.05, 0) is 96.1 Å². The predicted octanol–water partition coefficient (Wildman–Crippen LogP) is 4.87. The number of hydrogen-bond donors (Lipinski definition) is 2. The van der Waals surface area contributed by atoms with Gasteiger partial charge >= 0.3 is 0 Å². The van der Waals surface area contributed by atoms with Gasteiger partial charge in [-0.25, -0.2) is 8.42 Å². The first-order chi connectivity index (χ1) is 19.0. The molecule has 0 unspecified atom stereocenters. The molecule has 10 nitrogen and oxygen atoms in total. The Morgan fingerprint density at radius 1 is 0.564 bits per heavy atom. The van der Waals surface area contributed by atoms with Gasteiger partial charge in [-0.3, -0.25) is 10.9 Å². The number of hydrazone groups is 2. The van der Waals surface area contributed by atoms with E-state index >= 15 is 0 Å². The zero-order valence-electron chi connectivity index (χ0n) is 20.4. The Balaban J connectivity index is 1.06. The lowest BCUT2D eigenvalue weighted by atomic mass is 10.2. The summed E-state index contributed by atoms with van der Waals surface area (Å²) in [5.41, 5.74) is 8.76. The molecule has 0 aliphatic carbocycles. The molecule has 2 N–H and O–H groups in total. The van der Waals surface area contributed by atoms with Crippen molar-refractivity contribution < 1.29 is 27.4 Å². The molecular formula is C28H22N4O6S. The van der Waals surface area contributed by atoms with Crippen LogP contribution in [0.1, 0.15) is 11.1 Å². The van der Waals surface area contributed by atoms with Gasteiger partial charge in [0.2, 0.25) is 23.4 Å². The zero-order valence-corrected chi connectivity index (χ0v) is 21.2. The highest BCUT2D eigenvalue weighted by Gasteiger charge is 2.18. The average molecular weight is 543 g/mol. The van der Waals surface area contributed by atoms with Gasteiger partial charge in [0.1, 0.15) is 0 Å². The zero-order chi connectivity index (χ0) is 26.7. The van der Waals surface area contributed by atoms with E-state index in [0.717, 1.165) is 11.1 Å². The summed E-state index contributed by atoms with van der Waals surface area (Å²) in [5.74, 6) is 2.75. The van der Waals surface area contributed by atoms with Crippen LogP contribution >= 0.6 is 0 Å². The first-order valence-electron chi connectivity index (χ1n) is 11.9. The number of sulfone groups is 1. The molecule has 196 valence electrons. The van der Waals surface area contributed by atoms with Crippen molar-refractivity contribution in [3.8, 4) is 23.0 Å². The maximum absolute atomic E-state index is 13.1. The average Bonchev–Trinajstić information content (AvgIpc) is 3.63. The molecule has 0 radical (unpaired) electrons. The highest BCUT2D eigenvalue weighted by molar-refractivity contribution is 7.91. The van der Waals surface area contributed by atoms with Gasteiger partial charge in [-0.2, -0.15) is 10.2 Å². The van der Waals surface area contributed by atoms with Crippen molar-refractivity contribution in [1.29, 1.82) is 0 Å². The maximum atomic E-state index is 13.1. The Kier molecular flexibility index (Phi) is 6.47. The molecule has 0 saturated heterocycles. The molecule has 39 heavy (non-hydrogen) atoms. The van der Waals surface area contributed by atoms with Crippen LogP contribution in [-0.2, 0) is 9.84 Å². The molecule has 0 bridgehead atoms. The van der Waals surface area contributed by atoms with E-state index in [4.69, 9.17) is 18.9 Å². The lowest BCUT2D eigenvalue weighted by Crippen LogP contribution is -2.02. The van der Waals surface area contributed by atoms with Crippen LogP contribution in [0.4, 0.5) is 11.4 Å². The first-order valence-corrected chi connectivity index (χ1v) is 13.4. The van der Waals surface area contributed by atoms with Crippen LogP contribution in [0.3, 0.4) is 0 Å². The number of benzene rings is 4. The molecule has 2 heterocycles. The number of hydrogen-bond acceptors (Lipinski definition) is 10. The van der Waals surface area contributed by atoms with E-state index in [1.54, 1.807) is 36.7 Å². The molecule has 0 saturated carbocycles. The van der Waals surface area contributed by atoms with Crippen LogP contribution in [0, 0.1) is 0 Å². The summed E-state index contributed by atoms with van der Waals surface area (Å²) >= 11 is 0. The van der Waals surface area contributed by atoms with Gasteiger partial charge in [0.05, 0.1) is 33.6 Å². The standard InChI is InChI=1S/C28H22N4O6S/c33-39(34,23-7-3-21(4-8-23)31-29-15-19-1-11-25-27(13-19)37-17-35-25)24-9-5-22(6-10-24)32-30-16-20-2-12-26-28(14-20)38-18-36-26/h1-16,31-32H,17-18H2. The number of anilines is 2. The van der Waals surface area contributed by atoms with E-state index in [-0.39, 0.29) is 23.4 Å². The molecule has 0 amide bonds. The van der Waals surface area contributed by atoms with Crippen molar-refractivity contribution in [2.75, 3.05) is 24.4 Å². The number of rotatable bonds is 8. The maximum Gasteiger partial charge on any atom is 0.231 e. The summed E-state index contributed by atoms with van der Waals surface area (Å²) in [6.45, 7) is 0.421. The third kappa shape index (κ3) is 5.34. The Labute approximate surface area is 224 Å². The molecule has 2 aliphatic heterocycles. The predicted molar refractivity (Wildman–Crippen MR) is 146 cm³/mol. The van der Waals surface area contributed by atoms with Crippen molar-refractivity contribution in [3.63, 3.8) is 0 Å². The second-order valence-corrected chi connectivity index (χ2v) is 10.5. The second kappa shape index (κ2) is 10.4. The minimum atomic E-state index is -3.70. The molecule has 11 heteroatoms. The quantitative estimate of drug-likeness (QED) is 0.239. The lowest BCUT2D eigenvalue weighted by Gasteiger charge is -2.07. The number of nitrogens with one attached hydrogen (secondary N) is 2. The van der Waals surface area contributed by atoms with Crippen molar-refractivity contribution >= 4 is 33.6 Å². The van der Waals surface area contributed by atoms with Crippen LogP contribution in [-0.4, -0.2) is 34.4 Å². The Morgan fingerprint density at radius 2 is 0.974 bits per heavy atom. The second-order valence-electron chi connectivity index (χ2n) is 8.52. The van der Waals surface area contributed by atoms with Crippen molar-refractivity contribution in [3.05, 3.63) is 96.1 Å². The van der Waals surface area contributed by atoms with Crippen LogP contribution < -0.4 is 29.8 Å². The molecule has 4 aromatic carbocycles. The molecule has 4 aromatic rings. The first kappa shape index (κ1) is 24.3. The number of fused-ring (bicyclic) bond motifs is 2. The van der Waals surface area contributed by atoms with Crippen molar-refractivity contribution in [1.82, 2.24) is 0 Å². The van der Waals surface area contributed by atoms with Gasteiger partial charge < -0.3 is 18.9 Å². The summed E-state index contributed by atoms with van der Waals surface area (Å²) in [5, 5.41) is 8.41. The van der Waals surface area contributed by atoms with E-state index in [2.05, 4.69) is 21.1 Å². The third-order valence-electron chi connectivity index (χ3n) is 5.94. The molecule has 0 spiro atoms. The Hall–Kier alpha value is -5.03. The normalized spacial score (nSPS) is 13.7. The topological polar surface area (TPSA) is 120 Å². The smallest absolute Gasteiger partial charge is 0.231 e. The van der Waals surface area contributed by atoms with Gasteiger partial charge in [-0.15, -0.1) is 0 Å². The van der Waals surface area contributed by atoms with E-state index in [1.165, 1.54) is 24.3 Å². The van der Waals surface area contributed by atoms with Gasteiger partial charge in [0, 0.05) is 0 Å². The summed E-state index contributed by atoms with van der Waals surface area (Å²) in [4.78, 5) is 0.351. The molecule has 6 rings (SSSR count). The van der Waals surface area contributed by atoms with Crippen LogP contribution in [0.2, 0.25) is 0 Å². The summed E-state index contributed by atoms with van der Waals surface area (Å²) in [6, 6.07) is 23.8. The van der Waals surface area contributed by atoms with Crippen LogP contribution in [0.25, 0.3) is 0 Å². The van der Waals surface area contributed by atoms with Crippen molar-refractivity contribution in [2.24, 2.45) is 10.2 Å². The van der Waals surface area contributed by atoms with Gasteiger partial charge in [0.25, 0.3) is 0 Å². The summed E-state index contributed by atoms with van der Waals surface area (Å²) in [6.07, 6.45) is 3.28. The molecule has 0 aromatic heterocycles. The van der Waals surface area contributed by atoms with Gasteiger partial charge in [-0.1, -0.05) is 0 Å². The van der Waals surface area contributed by atoms with E-state index in [9.17, 15) is 8.42 Å². The fourth-order valence-corrected chi connectivity index (χ4v) is 5.16. The molecule has 0 fully saturated rings. The molecule has 2 aliphatic rings. The highest BCUT2D eigenvalue weighted by atomic mass is 32.2. The summed E-state index contributed by atoms with van der Waals surface area (Å²) < 4.78 is 47.5.